The topological polar surface area (TPSA) is 103 Å². The van der Waals surface area contributed by atoms with Crippen molar-refractivity contribution in [3.05, 3.63) is 48.0 Å². The van der Waals surface area contributed by atoms with Crippen LogP contribution in [-0.2, 0) is 10.5 Å². The minimum atomic E-state index is -2.28. The second-order valence-corrected chi connectivity index (χ2v) is 9.18. The van der Waals surface area contributed by atoms with E-state index in [4.69, 9.17) is 9.47 Å². The van der Waals surface area contributed by atoms with Gasteiger partial charge < -0.3 is 30.1 Å². The minimum Gasteiger partial charge on any atom is -0.497 e. The number of aliphatic hydroxyl groups is 1. The predicted molar refractivity (Wildman–Crippen MR) is 134 cm³/mol. The normalized spacial score (nSPS) is 22.2. The number of fused-ring (bicyclic) bond motifs is 1. The number of para-hydroxylation sites is 1. The number of nitrogens with zero attached hydrogens (tertiary/aromatic N) is 2. The number of piperidine rings is 1. The lowest BCUT2D eigenvalue weighted by Crippen LogP contribution is -2.62. The first-order valence-corrected chi connectivity index (χ1v) is 12.0. The smallest absolute Gasteiger partial charge is 0.329 e. The first-order valence-electron chi connectivity index (χ1n) is 12.0. The molecule has 0 spiro atoms. The van der Waals surface area contributed by atoms with E-state index in [0.717, 1.165) is 31.0 Å². The first-order chi connectivity index (χ1) is 16.9. The number of hydrogen-bond acceptors (Lipinski definition) is 6. The number of ether oxygens (including phenoxy) is 2. The third kappa shape index (κ3) is 4.92. The van der Waals surface area contributed by atoms with Crippen molar-refractivity contribution in [1.82, 2.24) is 10.2 Å². The number of anilines is 2. The number of carbonyl (C=O) groups excluding carboxylic acids is 2. The number of likely N-dealkylation sites (tertiary alicyclic amines) is 1. The number of rotatable bonds is 8. The van der Waals surface area contributed by atoms with Crippen molar-refractivity contribution in [3.63, 3.8) is 0 Å². The predicted octanol–water partition coefficient (Wildman–Crippen LogP) is 3.14. The fraction of sp³-hybridized carbons (Fsp3) is 0.462. The van der Waals surface area contributed by atoms with Gasteiger partial charge in [0, 0.05) is 24.7 Å². The van der Waals surface area contributed by atoms with E-state index >= 15 is 0 Å². The Morgan fingerprint density at radius 1 is 1.23 bits per heavy atom. The van der Waals surface area contributed by atoms with Gasteiger partial charge in [0.05, 0.1) is 25.6 Å². The van der Waals surface area contributed by atoms with Gasteiger partial charge in [-0.25, -0.2) is 9.69 Å². The van der Waals surface area contributed by atoms with Crippen LogP contribution in [0.25, 0.3) is 0 Å². The fourth-order valence-electron chi connectivity index (χ4n) is 4.93. The van der Waals surface area contributed by atoms with Gasteiger partial charge in [-0.1, -0.05) is 25.1 Å². The van der Waals surface area contributed by atoms with Crippen molar-refractivity contribution in [2.24, 2.45) is 5.92 Å². The van der Waals surface area contributed by atoms with E-state index in [9.17, 15) is 14.7 Å². The summed E-state index contributed by atoms with van der Waals surface area (Å²) in [6, 6.07) is 10.9. The van der Waals surface area contributed by atoms with Crippen molar-refractivity contribution in [2.75, 3.05) is 50.6 Å². The monoisotopic (exact) mass is 482 g/mol. The third-order valence-corrected chi connectivity index (χ3v) is 6.69. The van der Waals surface area contributed by atoms with Gasteiger partial charge >= 0.3 is 6.03 Å². The zero-order chi connectivity index (χ0) is 25.0. The Bertz CT molecular complexity index is 1080. The molecule has 3 N–H and O–H groups in total. The molecule has 0 saturated carbocycles. The molecule has 2 atom stereocenters. The lowest BCUT2D eigenvalue weighted by Gasteiger charge is -2.43. The summed E-state index contributed by atoms with van der Waals surface area (Å²) in [6.45, 7) is 5.65. The Hall–Kier alpha value is -3.30. The number of carbonyl (C=O) groups is 2. The Kier molecular flexibility index (Phi) is 7.47. The highest BCUT2D eigenvalue weighted by atomic mass is 16.5. The SMILES string of the molecule is COc1ccc(N2C(=O)Nc3ccccc3[C@]2(O)C(=O)NCCCN2CCC[C@@H](C)C2)c(OC)c1. The number of methoxy groups -OCH3 is 2. The average Bonchev–Trinajstić information content (AvgIpc) is 2.86. The molecule has 0 aliphatic carbocycles. The molecule has 0 bridgehead atoms. The summed E-state index contributed by atoms with van der Waals surface area (Å²) in [7, 11) is 2.97. The summed E-state index contributed by atoms with van der Waals surface area (Å²) in [6.07, 6.45) is 3.19. The van der Waals surface area contributed by atoms with Crippen LogP contribution in [0.3, 0.4) is 0 Å². The quantitative estimate of drug-likeness (QED) is 0.500. The summed E-state index contributed by atoms with van der Waals surface area (Å²) >= 11 is 0. The summed E-state index contributed by atoms with van der Waals surface area (Å²) in [5, 5.41) is 17.6. The van der Waals surface area contributed by atoms with Crippen LogP contribution in [0, 0.1) is 5.92 Å². The third-order valence-electron chi connectivity index (χ3n) is 6.69. The fourth-order valence-corrected chi connectivity index (χ4v) is 4.93. The lowest BCUT2D eigenvalue weighted by molar-refractivity contribution is -0.140. The van der Waals surface area contributed by atoms with Gasteiger partial charge in [-0.3, -0.25) is 4.79 Å². The Balaban J connectivity index is 1.60. The van der Waals surface area contributed by atoms with Crippen LogP contribution in [0.2, 0.25) is 0 Å². The van der Waals surface area contributed by atoms with E-state index < -0.39 is 17.7 Å². The molecule has 4 rings (SSSR count). The summed E-state index contributed by atoms with van der Waals surface area (Å²) in [4.78, 5) is 30.3. The number of hydrogen-bond donors (Lipinski definition) is 3. The molecule has 0 unspecified atom stereocenters. The molecule has 1 fully saturated rings. The maximum atomic E-state index is 13.6. The molecule has 35 heavy (non-hydrogen) atoms. The van der Waals surface area contributed by atoms with Gasteiger partial charge in [0.15, 0.2) is 0 Å². The Morgan fingerprint density at radius 2 is 2.03 bits per heavy atom. The Morgan fingerprint density at radius 3 is 2.77 bits per heavy atom. The number of urea groups is 1. The first kappa shape index (κ1) is 24.8. The summed E-state index contributed by atoms with van der Waals surface area (Å²) in [5.41, 5.74) is -1.39. The van der Waals surface area contributed by atoms with Crippen molar-refractivity contribution >= 4 is 23.3 Å². The molecule has 2 aromatic carbocycles. The van der Waals surface area contributed by atoms with Crippen LogP contribution in [0.5, 0.6) is 11.5 Å². The largest absolute Gasteiger partial charge is 0.497 e. The van der Waals surface area contributed by atoms with E-state index in [-0.39, 0.29) is 17.0 Å². The van der Waals surface area contributed by atoms with Crippen LogP contribution in [0.4, 0.5) is 16.2 Å². The van der Waals surface area contributed by atoms with Crippen LogP contribution < -0.4 is 25.0 Å². The van der Waals surface area contributed by atoms with Gasteiger partial charge in [-0.2, -0.15) is 0 Å². The van der Waals surface area contributed by atoms with Crippen molar-refractivity contribution < 1.29 is 24.2 Å². The molecule has 2 aromatic rings. The molecular formula is C26H34N4O5. The van der Waals surface area contributed by atoms with E-state index in [0.29, 0.717) is 23.9 Å². The molecule has 2 aliphatic rings. The molecule has 0 aromatic heterocycles. The van der Waals surface area contributed by atoms with Crippen molar-refractivity contribution in [3.8, 4) is 11.5 Å². The maximum Gasteiger partial charge on any atom is 0.329 e. The standard InChI is InChI=1S/C26H34N4O5/c1-18-8-6-14-29(17-18)15-7-13-27-24(31)26(33)20-9-4-5-10-21(20)28-25(32)30(26)22-12-11-19(34-2)16-23(22)35-3/h4-5,9-12,16,18,33H,6-8,13-15,17H2,1-3H3,(H,27,31)(H,28,32)/t18-,26+/m1/s1. The minimum absolute atomic E-state index is 0.236. The number of benzene rings is 2. The average molecular weight is 483 g/mol. The summed E-state index contributed by atoms with van der Waals surface area (Å²) < 4.78 is 10.7. The molecular weight excluding hydrogens is 448 g/mol. The zero-order valence-corrected chi connectivity index (χ0v) is 20.5. The molecule has 2 heterocycles. The molecule has 3 amide bonds. The molecule has 188 valence electrons. The summed E-state index contributed by atoms with van der Waals surface area (Å²) in [5.74, 6) is 0.807. The molecule has 9 heteroatoms. The van der Waals surface area contributed by atoms with Crippen molar-refractivity contribution in [1.29, 1.82) is 0 Å². The Labute approximate surface area is 206 Å². The molecule has 0 radical (unpaired) electrons. The van der Waals surface area contributed by atoms with Gasteiger partial charge in [-0.15, -0.1) is 0 Å². The molecule has 2 aliphatic heterocycles. The zero-order valence-electron chi connectivity index (χ0n) is 20.5. The maximum absolute atomic E-state index is 13.6. The van der Waals surface area contributed by atoms with Crippen LogP contribution in [0.1, 0.15) is 31.7 Å². The van der Waals surface area contributed by atoms with E-state index in [2.05, 4.69) is 22.5 Å². The van der Waals surface area contributed by atoms with Gasteiger partial charge in [0.2, 0.25) is 0 Å². The molecule has 9 nitrogen and oxygen atoms in total. The van der Waals surface area contributed by atoms with E-state index in [1.165, 1.54) is 27.1 Å². The second kappa shape index (κ2) is 10.5. The van der Waals surface area contributed by atoms with Gasteiger partial charge in [0.1, 0.15) is 11.5 Å². The van der Waals surface area contributed by atoms with Crippen LogP contribution in [-0.4, -0.2) is 62.3 Å². The number of nitrogens with one attached hydrogen (secondary N) is 2. The molecule has 1 saturated heterocycles. The van der Waals surface area contributed by atoms with Crippen LogP contribution >= 0.6 is 0 Å². The highest BCUT2D eigenvalue weighted by Crippen LogP contribution is 2.43. The van der Waals surface area contributed by atoms with Crippen LogP contribution in [0.15, 0.2) is 42.5 Å². The highest BCUT2D eigenvalue weighted by molar-refractivity contribution is 6.12. The van der Waals surface area contributed by atoms with E-state index in [1.54, 1.807) is 42.5 Å². The second-order valence-electron chi connectivity index (χ2n) is 9.18. The van der Waals surface area contributed by atoms with E-state index in [1.807, 2.05) is 0 Å². The van der Waals surface area contributed by atoms with Crippen molar-refractivity contribution in [2.45, 2.75) is 31.9 Å². The van der Waals surface area contributed by atoms with Gasteiger partial charge in [-0.05, 0) is 56.5 Å². The lowest BCUT2D eigenvalue weighted by atomic mass is 9.94. The van der Waals surface area contributed by atoms with Gasteiger partial charge in [0.25, 0.3) is 11.6 Å². The number of amides is 3. The highest BCUT2D eigenvalue weighted by Gasteiger charge is 2.52.